The first-order chi connectivity index (χ1) is 13.5. The molecule has 0 bridgehead atoms. The highest BCUT2D eigenvalue weighted by atomic mass is 32.2. The topological polar surface area (TPSA) is 75.7 Å². The summed E-state index contributed by atoms with van der Waals surface area (Å²) in [5, 5.41) is 2.15. The second kappa shape index (κ2) is 8.88. The number of carbonyl (C=O) groups is 3. The lowest BCUT2D eigenvalue weighted by molar-refractivity contribution is -0.148. The molecular formula is C20H19FN2O4S. The van der Waals surface area contributed by atoms with E-state index in [2.05, 4.69) is 5.32 Å². The maximum Gasteiger partial charge on any atom is 0.307 e. The van der Waals surface area contributed by atoms with Crippen LogP contribution in [0.25, 0.3) is 0 Å². The van der Waals surface area contributed by atoms with Gasteiger partial charge in [0.1, 0.15) is 5.82 Å². The molecule has 1 atom stereocenters. The van der Waals surface area contributed by atoms with Crippen molar-refractivity contribution in [2.75, 3.05) is 23.4 Å². The molecule has 0 aromatic heterocycles. The molecule has 1 N–H and O–H groups in total. The Morgan fingerprint density at radius 2 is 1.89 bits per heavy atom. The van der Waals surface area contributed by atoms with Crippen molar-refractivity contribution in [1.82, 2.24) is 0 Å². The van der Waals surface area contributed by atoms with E-state index >= 15 is 0 Å². The molecule has 3 rings (SSSR count). The van der Waals surface area contributed by atoms with Crippen LogP contribution in [0.5, 0.6) is 0 Å². The average molecular weight is 402 g/mol. The Balaban J connectivity index is 1.54. The first-order valence-corrected chi connectivity index (χ1v) is 9.64. The minimum Gasteiger partial charge on any atom is -0.456 e. The fraction of sp³-hybridized carbons (Fsp3) is 0.250. The number of thioether (sulfide) groups is 1. The van der Waals surface area contributed by atoms with Gasteiger partial charge in [0.25, 0.3) is 5.91 Å². The van der Waals surface area contributed by atoms with E-state index in [1.807, 2.05) is 18.2 Å². The van der Waals surface area contributed by atoms with Crippen molar-refractivity contribution in [2.24, 2.45) is 0 Å². The van der Waals surface area contributed by atoms with Crippen molar-refractivity contribution in [1.29, 1.82) is 0 Å². The number of anilines is 2. The van der Waals surface area contributed by atoms with Crippen LogP contribution in [0.2, 0.25) is 0 Å². The first-order valence-electron chi connectivity index (χ1n) is 8.76. The summed E-state index contributed by atoms with van der Waals surface area (Å²) in [5.41, 5.74) is 1.24. The van der Waals surface area contributed by atoms with Crippen LogP contribution < -0.4 is 10.2 Å². The molecule has 1 heterocycles. The summed E-state index contributed by atoms with van der Waals surface area (Å²) in [6, 6.07) is 12.8. The quantitative estimate of drug-likeness (QED) is 0.751. The number of nitrogens with one attached hydrogen (secondary N) is 1. The number of hydrogen-bond acceptors (Lipinski definition) is 5. The molecule has 0 fully saturated rings. The summed E-state index contributed by atoms with van der Waals surface area (Å²) >= 11 is 1.29. The van der Waals surface area contributed by atoms with Crippen LogP contribution in [0, 0.1) is 5.82 Å². The number of likely N-dealkylation sites (N-methyl/N-ethyl adjacent to an activating group) is 1. The highest BCUT2D eigenvalue weighted by Gasteiger charge is 2.29. The summed E-state index contributed by atoms with van der Waals surface area (Å²) in [7, 11) is 0. The SMILES string of the molecule is CCN(C(=O)COC(=O)C[C@@H]1Sc2ccccc2NC1=O)c1ccc(F)cc1. The molecule has 2 amide bonds. The van der Waals surface area contributed by atoms with E-state index in [0.29, 0.717) is 12.2 Å². The number of rotatable bonds is 6. The first kappa shape index (κ1) is 19.9. The van der Waals surface area contributed by atoms with Gasteiger partial charge in [-0.2, -0.15) is 0 Å². The molecule has 0 spiro atoms. The molecule has 28 heavy (non-hydrogen) atoms. The van der Waals surface area contributed by atoms with Crippen LogP contribution in [0.15, 0.2) is 53.4 Å². The van der Waals surface area contributed by atoms with Crippen LogP contribution in [0.3, 0.4) is 0 Å². The highest BCUT2D eigenvalue weighted by molar-refractivity contribution is 8.01. The lowest BCUT2D eigenvalue weighted by Crippen LogP contribution is -2.36. The molecule has 2 aromatic carbocycles. The van der Waals surface area contributed by atoms with Crippen LogP contribution in [0.4, 0.5) is 15.8 Å². The molecule has 146 valence electrons. The van der Waals surface area contributed by atoms with Crippen LogP contribution in [-0.2, 0) is 19.1 Å². The Kier molecular flexibility index (Phi) is 6.30. The van der Waals surface area contributed by atoms with Crippen molar-refractivity contribution in [3.63, 3.8) is 0 Å². The maximum absolute atomic E-state index is 13.0. The summed E-state index contributed by atoms with van der Waals surface area (Å²) in [5.74, 6) is -1.72. The number of amides is 2. The van der Waals surface area contributed by atoms with Gasteiger partial charge in [0.05, 0.1) is 17.4 Å². The van der Waals surface area contributed by atoms with Gasteiger partial charge in [-0.1, -0.05) is 12.1 Å². The van der Waals surface area contributed by atoms with Crippen LogP contribution in [-0.4, -0.2) is 36.2 Å². The number of benzene rings is 2. The van der Waals surface area contributed by atoms with Gasteiger partial charge in [-0.3, -0.25) is 14.4 Å². The zero-order valence-corrected chi connectivity index (χ0v) is 16.0. The van der Waals surface area contributed by atoms with Gasteiger partial charge in [0.2, 0.25) is 5.91 Å². The minimum absolute atomic E-state index is 0.138. The zero-order valence-electron chi connectivity index (χ0n) is 15.2. The second-order valence-corrected chi connectivity index (χ2v) is 7.32. The molecule has 0 saturated heterocycles. The van der Waals surface area contributed by atoms with Crippen molar-refractivity contribution in [3.8, 4) is 0 Å². The van der Waals surface area contributed by atoms with Crippen molar-refractivity contribution in [3.05, 3.63) is 54.3 Å². The summed E-state index contributed by atoms with van der Waals surface area (Å²) < 4.78 is 18.1. The Morgan fingerprint density at radius 1 is 1.18 bits per heavy atom. The van der Waals surface area contributed by atoms with Gasteiger partial charge in [-0.05, 0) is 43.3 Å². The molecule has 6 nitrogen and oxygen atoms in total. The molecule has 0 saturated carbocycles. The van der Waals surface area contributed by atoms with Crippen LogP contribution >= 0.6 is 11.8 Å². The van der Waals surface area contributed by atoms with E-state index in [-0.39, 0.29) is 12.3 Å². The summed E-state index contributed by atoms with van der Waals surface area (Å²) in [6.07, 6.45) is -0.138. The van der Waals surface area contributed by atoms with E-state index < -0.39 is 29.6 Å². The lowest BCUT2D eigenvalue weighted by Gasteiger charge is -2.24. The fourth-order valence-corrected chi connectivity index (χ4v) is 3.88. The number of para-hydroxylation sites is 1. The van der Waals surface area contributed by atoms with E-state index in [1.54, 1.807) is 13.0 Å². The number of esters is 1. The van der Waals surface area contributed by atoms with Crippen molar-refractivity contribution in [2.45, 2.75) is 23.5 Å². The Bertz CT molecular complexity index is 888. The van der Waals surface area contributed by atoms with Gasteiger partial charge in [-0.25, -0.2) is 4.39 Å². The number of ether oxygens (including phenoxy) is 1. The van der Waals surface area contributed by atoms with E-state index in [0.717, 1.165) is 10.6 Å². The fourth-order valence-electron chi connectivity index (χ4n) is 2.78. The van der Waals surface area contributed by atoms with Gasteiger partial charge in [0.15, 0.2) is 6.61 Å². The molecule has 0 radical (unpaired) electrons. The monoisotopic (exact) mass is 402 g/mol. The second-order valence-electron chi connectivity index (χ2n) is 6.07. The Labute approximate surface area is 166 Å². The molecule has 2 aromatic rings. The number of hydrogen-bond donors (Lipinski definition) is 1. The zero-order chi connectivity index (χ0) is 20.1. The molecular weight excluding hydrogens is 383 g/mol. The predicted molar refractivity (Wildman–Crippen MR) is 105 cm³/mol. The Morgan fingerprint density at radius 3 is 2.61 bits per heavy atom. The third kappa shape index (κ3) is 4.69. The smallest absolute Gasteiger partial charge is 0.307 e. The summed E-state index contributed by atoms with van der Waals surface area (Å²) in [6.45, 7) is 1.67. The van der Waals surface area contributed by atoms with Crippen molar-refractivity contribution < 1.29 is 23.5 Å². The normalized spacial score (nSPS) is 15.4. The number of nitrogens with zero attached hydrogens (tertiary/aromatic N) is 1. The Hall–Kier alpha value is -2.87. The number of fused-ring (bicyclic) bond motifs is 1. The summed E-state index contributed by atoms with van der Waals surface area (Å²) in [4.78, 5) is 38.9. The van der Waals surface area contributed by atoms with E-state index in [1.165, 1.54) is 40.9 Å². The van der Waals surface area contributed by atoms with Crippen LogP contribution in [0.1, 0.15) is 13.3 Å². The molecule has 8 heteroatoms. The van der Waals surface area contributed by atoms with Gasteiger partial charge >= 0.3 is 5.97 Å². The molecule has 0 aliphatic carbocycles. The molecule has 1 aliphatic rings. The van der Waals surface area contributed by atoms with E-state index in [4.69, 9.17) is 4.74 Å². The maximum atomic E-state index is 13.0. The van der Waals surface area contributed by atoms with Gasteiger partial charge in [-0.15, -0.1) is 11.8 Å². The number of halogens is 1. The standard InChI is InChI=1S/C20H19FN2O4S/c1-2-23(14-9-7-13(21)8-10-14)18(24)12-27-19(25)11-17-20(26)22-15-5-3-4-6-16(15)28-17/h3-10,17H,2,11-12H2,1H3,(H,22,26)/t17-/m0/s1. The highest BCUT2D eigenvalue weighted by Crippen LogP contribution is 2.36. The van der Waals surface area contributed by atoms with Crippen molar-refractivity contribution >= 4 is 40.9 Å². The predicted octanol–water partition coefficient (Wildman–Crippen LogP) is 3.22. The van der Waals surface area contributed by atoms with Gasteiger partial charge < -0.3 is 15.0 Å². The van der Waals surface area contributed by atoms with E-state index in [9.17, 15) is 18.8 Å². The molecule has 0 unspecified atom stereocenters. The number of carbonyl (C=O) groups excluding carboxylic acids is 3. The lowest BCUT2D eigenvalue weighted by atomic mass is 10.2. The minimum atomic E-state index is -0.629. The average Bonchev–Trinajstić information content (AvgIpc) is 2.69. The largest absolute Gasteiger partial charge is 0.456 e. The molecule has 1 aliphatic heterocycles. The van der Waals surface area contributed by atoms with Gasteiger partial charge in [0, 0.05) is 17.1 Å². The third-order valence-corrected chi connectivity index (χ3v) is 5.45. The third-order valence-electron chi connectivity index (χ3n) is 4.17.